The molecule has 0 heterocycles. The maximum atomic E-state index is 12.0. The normalized spacial score (nSPS) is 11.4. The molecule has 0 aliphatic carbocycles. The SMILES string of the molecule is CCN(CC(C)C#N)C(=O)Nc1ccccc1Cl. The van der Waals surface area contributed by atoms with E-state index in [0.29, 0.717) is 23.8 Å². The van der Waals surface area contributed by atoms with E-state index in [0.717, 1.165) is 0 Å². The van der Waals surface area contributed by atoms with Gasteiger partial charge in [0.1, 0.15) is 0 Å². The average Bonchev–Trinajstić information content (AvgIpc) is 2.38. The molecule has 0 aliphatic heterocycles. The molecule has 1 N–H and O–H groups in total. The van der Waals surface area contributed by atoms with Crippen molar-refractivity contribution in [2.24, 2.45) is 5.92 Å². The van der Waals surface area contributed by atoms with Crippen molar-refractivity contribution in [1.82, 2.24) is 4.90 Å². The summed E-state index contributed by atoms with van der Waals surface area (Å²) in [6.07, 6.45) is 0. The van der Waals surface area contributed by atoms with Gasteiger partial charge in [-0.1, -0.05) is 23.7 Å². The maximum Gasteiger partial charge on any atom is 0.321 e. The lowest BCUT2D eigenvalue weighted by Crippen LogP contribution is -2.37. The molecule has 5 heteroatoms. The molecule has 1 rings (SSSR count). The molecule has 18 heavy (non-hydrogen) atoms. The van der Waals surface area contributed by atoms with Crippen LogP contribution in [0.5, 0.6) is 0 Å². The molecule has 0 saturated carbocycles. The van der Waals surface area contributed by atoms with Crippen LogP contribution in [0.1, 0.15) is 13.8 Å². The molecule has 96 valence electrons. The molecule has 4 nitrogen and oxygen atoms in total. The fourth-order valence-electron chi connectivity index (χ4n) is 1.48. The van der Waals surface area contributed by atoms with Gasteiger partial charge in [-0.25, -0.2) is 4.79 Å². The van der Waals surface area contributed by atoms with E-state index in [9.17, 15) is 4.79 Å². The number of carbonyl (C=O) groups excluding carboxylic acids is 1. The summed E-state index contributed by atoms with van der Waals surface area (Å²) in [6.45, 7) is 4.60. The summed E-state index contributed by atoms with van der Waals surface area (Å²) in [5, 5.41) is 12.0. The minimum absolute atomic E-state index is 0.193. The number of halogens is 1. The molecule has 0 radical (unpaired) electrons. The summed E-state index contributed by atoms with van der Waals surface area (Å²) in [7, 11) is 0. The Morgan fingerprint density at radius 3 is 2.78 bits per heavy atom. The van der Waals surface area contributed by atoms with Gasteiger partial charge >= 0.3 is 6.03 Å². The quantitative estimate of drug-likeness (QED) is 0.908. The van der Waals surface area contributed by atoms with Gasteiger partial charge in [0.15, 0.2) is 0 Å². The Bertz CT molecular complexity index is 456. The van der Waals surface area contributed by atoms with Crippen molar-refractivity contribution in [2.75, 3.05) is 18.4 Å². The van der Waals surface area contributed by atoms with Crippen LogP contribution in [0.25, 0.3) is 0 Å². The number of rotatable bonds is 4. The highest BCUT2D eigenvalue weighted by molar-refractivity contribution is 6.33. The predicted molar refractivity (Wildman–Crippen MR) is 72.5 cm³/mol. The van der Waals surface area contributed by atoms with Crippen molar-refractivity contribution in [3.05, 3.63) is 29.3 Å². The van der Waals surface area contributed by atoms with Crippen LogP contribution in [0, 0.1) is 17.2 Å². The lowest BCUT2D eigenvalue weighted by molar-refractivity contribution is 0.210. The largest absolute Gasteiger partial charge is 0.324 e. The number of anilines is 1. The van der Waals surface area contributed by atoms with E-state index in [-0.39, 0.29) is 11.9 Å². The Morgan fingerprint density at radius 2 is 2.22 bits per heavy atom. The Kier molecular flexibility index (Phi) is 5.47. The van der Waals surface area contributed by atoms with E-state index >= 15 is 0 Å². The Labute approximate surface area is 112 Å². The Balaban J connectivity index is 2.69. The fraction of sp³-hybridized carbons (Fsp3) is 0.385. The highest BCUT2D eigenvalue weighted by Gasteiger charge is 2.15. The Morgan fingerprint density at radius 1 is 1.56 bits per heavy atom. The summed E-state index contributed by atoms with van der Waals surface area (Å²) < 4.78 is 0. The smallest absolute Gasteiger partial charge is 0.321 e. The number of nitrogens with one attached hydrogen (secondary N) is 1. The first kappa shape index (κ1) is 14.3. The van der Waals surface area contributed by atoms with Crippen LogP contribution in [0.4, 0.5) is 10.5 Å². The lowest BCUT2D eigenvalue weighted by atomic mass is 10.2. The van der Waals surface area contributed by atoms with Crippen LogP contribution < -0.4 is 5.32 Å². The van der Waals surface area contributed by atoms with Gasteiger partial charge < -0.3 is 10.2 Å². The molecule has 0 spiro atoms. The molecule has 1 unspecified atom stereocenters. The number of nitriles is 1. The third kappa shape index (κ3) is 3.94. The molecule has 0 bridgehead atoms. The van der Waals surface area contributed by atoms with Gasteiger partial charge in [0.25, 0.3) is 0 Å². The molecule has 0 saturated heterocycles. The molecule has 0 aromatic heterocycles. The number of nitrogens with zero attached hydrogens (tertiary/aromatic N) is 2. The third-order valence-electron chi connectivity index (χ3n) is 2.50. The van der Waals surface area contributed by atoms with Gasteiger partial charge in [0.05, 0.1) is 22.7 Å². The molecular formula is C13H16ClN3O. The van der Waals surface area contributed by atoms with Crippen LogP contribution in [0.2, 0.25) is 5.02 Å². The highest BCUT2D eigenvalue weighted by Crippen LogP contribution is 2.20. The monoisotopic (exact) mass is 265 g/mol. The zero-order valence-electron chi connectivity index (χ0n) is 10.5. The van der Waals surface area contributed by atoms with Gasteiger partial charge in [-0.3, -0.25) is 0 Å². The van der Waals surface area contributed by atoms with Gasteiger partial charge in [0.2, 0.25) is 0 Å². The van der Waals surface area contributed by atoms with E-state index in [1.807, 2.05) is 6.92 Å². The minimum Gasteiger partial charge on any atom is -0.324 e. The second kappa shape index (κ2) is 6.87. The summed E-state index contributed by atoms with van der Waals surface area (Å²) in [6, 6.07) is 8.92. The molecule has 1 atom stereocenters. The number of para-hydroxylation sites is 1. The van der Waals surface area contributed by atoms with Crippen LogP contribution in [0.3, 0.4) is 0 Å². The third-order valence-corrected chi connectivity index (χ3v) is 2.83. The Hall–Kier alpha value is -1.73. The molecule has 1 aromatic rings. The summed E-state index contributed by atoms with van der Waals surface area (Å²) in [5.41, 5.74) is 0.576. The van der Waals surface area contributed by atoms with E-state index in [4.69, 9.17) is 16.9 Å². The van der Waals surface area contributed by atoms with Gasteiger partial charge in [-0.05, 0) is 26.0 Å². The average molecular weight is 266 g/mol. The topological polar surface area (TPSA) is 56.1 Å². The zero-order valence-corrected chi connectivity index (χ0v) is 11.2. The standard InChI is InChI=1S/C13H16ClN3O/c1-3-17(9-10(2)8-15)13(18)16-12-7-5-4-6-11(12)14/h4-7,10H,3,9H2,1-2H3,(H,16,18). The minimum atomic E-state index is -0.243. The second-order valence-electron chi connectivity index (χ2n) is 3.98. The van der Waals surface area contributed by atoms with Crippen LogP contribution in [-0.2, 0) is 0 Å². The fourth-order valence-corrected chi connectivity index (χ4v) is 1.67. The molecule has 2 amide bonds. The number of urea groups is 1. The molecule has 0 aliphatic rings. The van der Waals surface area contributed by atoms with E-state index in [1.165, 1.54) is 0 Å². The van der Waals surface area contributed by atoms with Crippen molar-refractivity contribution < 1.29 is 4.79 Å². The number of hydrogen-bond donors (Lipinski definition) is 1. The predicted octanol–water partition coefficient (Wildman–Crippen LogP) is 3.35. The highest BCUT2D eigenvalue weighted by atomic mass is 35.5. The van der Waals surface area contributed by atoms with E-state index < -0.39 is 0 Å². The number of benzene rings is 1. The summed E-state index contributed by atoms with van der Waals surface area (Å²) in [5.74, 6) is -0.193. The molecule has 1 aromatic carbocycles. The number of carbonyl (C=O) groups is 1. The van der Waals surface area contributed by atoms with Crippen LogP contribution >= 0.6 is 11.6 Å². The van der Waals surface area contributed by atoms with Crippen molar-refractivity contribution in [1.29, 1.82) is 5.26 Å². The van der Waals surface area contributed by atoms with Crippen molar-refractivity contribution in [3.63, 3.8) is 0 Å². The van der Waals surface area contributed by atoms with Crippen molar-refractivity contribution in [3.8, 4) is 6.07 Å². The van der Waals surface area contributed by atoms with Crippen molar-refractivity contribution in [2.45, 2.75) is 13.8 Å². The van der Waals surface area contributed by atoms with E-state index in [2.05, 4.69) is 11.4 Å². The first-order chi connectivity index (χ1) is 8.58. The van der Waals surface area contributed by atoms with Gasteiger partial charge in [0, 0.05) is 13.1 Å². The first-order valence-corrected chi connectivity index (χ1v) is 6.16. The first-order valence-electron chi connectivity index (χ1n) is 5.78. The molecular weight excluding hydrogens is 250 g/mol. The summed E-state index contributed by atoms with van der Waals surface area (Å²) in [4.78, 5) is 13.6. The van der Waals surface area contributed by atoms with Gasteiger partial charge in [-0.15, -0.1) is 0 Å². The van der Waals surface area contributed by atoms with Crippen LogP contribution in [0.15, 0.2) is 24.3 Å². The summed E-state index contributed by atoms with van der Waals surface area (Å²) >= 11 is 5.96. The van der Waals surface area contributed by atoms with E-state index in [1.54, 1.807) is 36.1 Å². The zero-order chi connectivity index (χ0) is 13.5. The molecule has 0 fully saturated rings. The number of amides is 2. The van der Waals surface area contributed by atoms with Gasteiger partial charge in [-0.2, -0.15) is 5.26 Å². The maximum absolute atomic E-state index is 12.0. The van der Waals surface area contributed by atoms with Crippen LogP contribution in [-0.4, -0.2) is 24.0 Å². The number of hydrogen-bond acceptors (Lipinski definition) is 2. The second-order valence-corrected chi connectivity index (χ2v) is 4.39. The van der Waals surface area contributed by atoms with Crippen molar-refractivity contribution >= 4 is 23.3 Å². The lowest BCUT2D eigenvalue weighted by Gasteiger charge is -2.22.